The summed E-state index contributed by atoms with van der Waals surface area (Å²) >= 11 is 0. The van der Waals surface area contributed by atoms with Crippen molar-refractivity contribution < 1.29 is 4.79 Å². The second-order valence-corrected chi connectivity index (χ2v) is 2.97. The molecule has 2 unspecified atom stereocenters. The summed E-state index contributed by atoms with van der Waals surface area (Å²) in [7, 11) is 1.77. The van der Waals surface area contributed by atoms with E-state index >= 15 is 0 Å². The van der Waals surface area contributed by atoms with Gasteiger partial charge in [-0.15, -0.1) is 0 Å². The zero-order chi connectivity index (χ0) is 8.43. The highest BCUT2D eigenvalue weighted by Crippen LogP contribution is 2.17. The van der Waals surface area contributed by atoms with E-state index in [2.05, 4.69) is 5.32 Å². The van der Waals surface area contributed by atoms with Crippen LogP contribution in [0.1, 0.15) is 13.3 Å². The first-order valence-electron chi connectivity index (χ1n) is 3.92. The normalized spacial score (nSPS) is 27.9. The fourth-order valence-corrected chi connectivity index (χ4v) is 0.793. The summed E-state index contributed by atoms with van der Waals surface area (Å²) < 4.78 is 0. The first-order chi connectivity index (χ1) is 5.15. The summed E-state index contributed by atoms with van der Waals surface area (Å²) in [5.74, 6) is 0. The Labute approximate surface area is 66.7 Å². The van der Waals surface area contributed by atoms with Crippen LogP contribution >= 0.6 is 0 Å². The van der Waals surface area contributed by atoms with E-state index in [4.69, 9.17) is 5.73 Å². The van der Waals surface area contributed by atoms with Crippen molar-refractivity contribution in [3.63, 3.8) is 0 Å². The third kappa shape index (κ3) is 2.08. The number of carbonyl (C=O) groups excluding carboxylic acids is 1. The van der Waals surface area contributed by atoms with Crippen molar-refractivity contribution in [1.29, 1.82) is 0 Å². The molecular formula is C7H15N3O. The Kier molecular flexibility index (Phi) is 2.34. The van der Waals surface area contributed by atoms with E-state index in [0.717, 1.165) is 13.0 Å². The van der Waals surface area contributed by atoms with Crippen molar-refractivity contribution in [3.8, 4) is 0 Å². The minimum atomic E-state index is -0.0227. The lowest BCUT2D eigenvalue weighted by Gasteiger charge is -2.14. The van der Waals surface area contributed by atoms with Gasteiger partial charge in [0.15, 0.2) is 0 Å². The zero-order valence-electron chi connectivity index (χ0n) is 7.00. The standard InChI is InChI=1S/C7H15N3O/c1-3-10(2)7(11)9-6-4-5(6)8/h5-6H,3-4,8H2,1-2H3,(H,9,11). The van der Waals surface area contributed by atoms with Crippen LogP contribution in [0.2, 0.25) is 0 Å². The molecule has 4 nitrogen and oxygen atoms in total. The number of nitrogens with two attached hydrogens (primary N) is 1. The van der Waals surface area contributed by atoms with Gasteiger partial charge in [0.25, 0.3) is 0 Å². The molecule has 1 fully saturated rings. The Morgan fingerprint density at radius 1 is 1.82 bits per heavy atom. The third-order valence-corrected chi connectivity index (χ3v) is 1.97. The van der Waals surface area contributed by atoms with Gasteiger partial charge in [-0.1, -0.05) is 0 Å². The molecule has 0 aliphatic heterocycles. The molecule has 0 saturated heterocycles. The van der Waals surface area contributed by atoms with Crippen molar-refractivity contribution in [2.75, 3.05) is 13.6 Å². The molecule has 1 saturated carbocycles. The van der Waals surface area contributed by atoms with Crippen LogP contribution in [-0.4, -0.2) is 36.6 Å². The highest BCUT2D eigenvalue weighted by molar-refractivity contribution is 5.74. The monoisotopic (exact) mass is 157 g/mol. The average Bonchev–Trinajstić information content (AvgIpc) is 2.65. The summed E-state index contributed by atoms with van der Waals surface area (Å²) in [5, 5.41) is 2.82. The highest BCUT2D eigenvalue weighted by atomic mass is 16.2. The predicted molar refractivity (Wildman–Crippen MR) is 43.2 cm³/mol. The minimum absolute atomic E-state index is 0.0227. The maximum atomic E-state index is 11.1. The van der Waals surface area contributed by atoms with E-state index in [1.54, 1.807) is 11.9 Å². The zero-order valence-corrected chi connectivity index (χ0v) is 7.00. The van der Waals surface area contributed by atoms with E-state index in [-0.39, 0.29) is 18.1 Å². The third-order valence-electron chi connectivity index (χ3n) is 1.97. The van der Waals surface area contributed by atoms with Crippen molar-refractivity contribution in [2.45, 2.75) is 25.4 Å². The van der Waals surface area contributed by atoms with Crippen LogP contribution in [0.3, 0.4) is 0 Å². The van der Waals surface area contributed by atoms with Crippen LogP contribution in [0, 0.1) is 0 Å². The van der Waals surface area contributed by atoms with E-state index in [1.165, 1.54) is 0 Å². The summed E-state index contributed by atoms with van der Waals surface area (Å²) in [5.41, 5.74) is 5.52. The molecule has 11 heavy (non-hydrogen) atoms. The number of urea groups is 1. The molecule has 0 aromatic heterocycles. The van der Waals surface area contributed by atoms with Crippen molar-refractivity contribution in [1.82, 2.24) is 10.2 Å². The van der Waals surface area contributed by atoms with Crippen molar-refractivity contribution >= 4 is 6.03 Å². The van der Waals surface area contributed by atoms with Crippen molar-refractivity contribution in [2.24, 2.45) is 5.73 Å². The molecule has 1 rings (SSSR count). The van der Waals surface area contributed by atoms with Gasteiger partial charge in [-0.3, -0.25) is 0 Å². The molecule has 2 atom stereocenters. The van der Waals surface area contributed by atoms with Crippen LogP contribution in [0.5, 0.6) is 0 Å². The molecule has 4 heteroatoms. The Morgan fingerprint density at radius 3 is 2.73 bits per heavy atom. The molecule has 0 bridgehead atoms. The Morgan fingerprint density at radius 2 is 2.36 bits per heavy atom. The van der Waals surface area contributed by atoms with Crippen molar-refractivity contribution in [3.05, 3.63) is 0 Å². The van der Waals surface area contributed by atoms with E-state index in [1.807, 2.05) is 6.92 Å². The summed E-state index contributed by atoms with van der Waals surface area (Å²) in [4.78, 5) is 12.8. The van der Waals surface area contributed by atoms with Gasteiger partial charge < -0.3 is 16.0 Å². The number of nitrogens with one attached hydrogen (secondary N) is 1. The fraction of sp³-hybridized carbons (Fsp3) is 0.857. The average molecular weight is 157 g/mol. The van der Waals surface area contributed by atoms with Gasteiger partial charge in [-0.2, -0.15) is 0 Å². The highest BCUT2D eigenvalue weighted by Gasteiger charge is 2.35. The Balaban J connectivity index is 2.21. The molecule has 3 N–H and O–H groups in total. The number of hydrogen-bond donors (Lipinski definition) is 2. The van der Waals surface area contributed by atoms with Gasteiger partial charge in [0.2, 0.25) is 0 Å². The number of rotatable bonds is 2. The lowest BCUT2D eigenvalue weighted by molar-refractivity contribution is 0.210. The van der Waals surface area contributed by atoms with E-state index < -0.39 is 0 Å². The smallest absolute Gasteiger partial charge is 0.317 e. The van der Waals surface area contributed by atoms with E-state index in [9.17, 15) is 4.79 Å². The predicted octanol–water partition coefficient (Wildman–Crippen LogP) is -0.253. The molecular weight excluding hydrogens is 142 g/mol. The van der Waals surface area contributed by atoms with Gasteiger partial charge in [0.1, 0.15) is 0 Å². The van der Waals surface area contributed by atoms with Gasteiger partial charge >= 0.3 is 6.03 Å². The Bertz CT molecular complexity index is 160. The van der Waals surface area contributed by atoms with Crippen LogP contribution in [0.25, 0.3) is 0 Å². The Hall–Kier alpha value is -0.770. The molecule has 1 aliphatic rings. The minimum Gasteiger partial charge on any atom is -0.334 e. The quantitative estimate of drug-likeness (QED) is 0.580. The number of amides is 2. The lowest BCUT2D eigenvalue weighted by Crippen LogP contribution is -2.39. The molecule has 2 amide bonds. The fourth-order valence-electron chi connectivity index (χ4n) is 0.793. The molecule has 1 aliphatic carbocycles. The first-order valence-corrected chi connectivity index (χ1v) is 3.92. The summed E-state index contributed by atoms with van der Waals surface area (Å²) in [6, 6.07) is 0.381. The van der Waals surface area contributed by atoms with E-state index in [0.29, 0.717) is 0 Å². The molecule has 0 heterocycles. The summed E-state index contributed by atoms with van der Waals surface area (Å²) in [6.45, 7) is 2.67. The first kappa shape index (κ1) is 8.33. The second kappa shape index (κ2) is 3.09. The SMILES string of the molecule is CCN(C)C(=O)NC1CC1N. The lowest BCUT2D eigenvalue weighted by atomic mass is 10.6. The number of carbonyl (C=O) groups is 1. The molecule has 0 aromatic rings. The van der Waals surface area contributed by atoms with Crippen LogP contribution in [-0.2, 0) is 0 Å². The van der Waals surface area contributed by atoms with Crippen LogP contribution in [0.4, 0.5) is 4.79 Å². The molecule has 0 aromatic carbocycles. The van der Waals surface area contributed by atoms with Gasteiger partial charge in [-0.05, 0) is 13.3 Å². The number of nitrogens with zero attached hydrogens (tertiary/aromatic N) is 1. The van der Waals surface area contributed by atoms with Gasteiger partial charge in [-0.25, -0.2) is 4.79 Å². The molecule has 0 spiro atoms. The van der Waals surface area contributed by atoms with Crippen LogP contribution < -0.4 is 11.1 Å². The molecule has 64 valence electrons. The largest absolute Gasteiger partial charge is 0.334 e. The van der Waals surface area contributed by atoms with Crippen LogP contribution in [0.15, 0.2) is 0 Å². The maximum Gasteiger partial charge on any atom is 0.317 e. The topological polar surface area (TPSA) is 58.4 Å². The molecule has 0 radical (unpaired) electrons. The summed E-state index contributed by atoms with van der Waals surface area (Å²) in [6.07, 6.45) is 0.920. The second-order valence-electron chi connectivity index (χ2n) is 2.97. The van der Waals surface area contributed by atoms with Gasteiger partial charge in [0, 0.05) is 25.7 Å². The van der Waals surface area contributed by atoms with Gasteiger partial charge in [0.05, 0.1) is 0 Å². The maximum absolute atomic E-state index is 11.1. The number of hydrogen-bond acceptors (Lipinski definition) is 2.